The van der Waals surface area contributed by atoms with Crippen LogP contribution in [-0.4, -0.2) is 6.61 Å². The van der Waals surface area contributed by atoms with Gasteiger partial charge in [-0.1, -0.05) is 17.7 Å². The summed E-state index contributed by atoms with van der Waals surface area (Å²) < 4.78 is 24.6. The van der Waals surface area contributed by atoms with Gasteiger partial charge in [-0.15, -0.1) is 0 Å². The fraction of sp³-hybridized carbons (Fsp3) is 0.333. The van der Waals surface area contributed by atoms with Gasteiger partial charge >= 0.3 is 0 Å². The van der Waals surface area contributed by atoms with Crippen LogP contribution in [0.3, 0.4) is 0 Å². The molecule has 0 atom stereocenters. The molecule has 2 N–H and O–H groups in total. The van der Waals surface area contributed by atoms with Crippen LogP contribution in [-0.2, 0) is 11.3 Å². The van der Waals surface area contributed by atoms with E-state index in [1.807, 2.05) is 0 Å². The predicted octanol–water partition coefficient (Wildman–Crippen LogP) is 2.71. The van der Waals surface area contributed by atoms with Gasteiger partial charge in [-0.3, -0.25) is 0 Å². The van der Waals surface area contributed by atoms with Crippen LogP contribution in [0.1, 0.15) is 17.6 Å². The van der Waals surface area contributed by atoms with Crippen LogP contribution in [0.15, 0.2) is 18.2 Å². The van der Waals surface area contributed by atoms with E-state index in [1.54, 1.807) is 0 Å². The largest absolute Gasteiger partial charge is 0.304 e. The van der Waals surface area contributed by atoms with Crippen molar-refractivity contribution in [3.05, 3.63) is 34.3 Å². The van der Waals surface area contributed by atoms with Crippen LogP contribution in [0.2, 0.25) is 5.02 Å². The minimum Gasteiger partial charge on any atom is -0.304 e. The van der Waals surface area contributed by atoms with E-state index >= 15 is 0 Å². The molecule has 1 aromatic carbocycles. The van der Waals surface area contributed by atoms with Crippen molar-refractivity contribution in [2.45, 2.75) is 12.8 Å². The van der Waals surface area contributed by atoms with Gasteiger partial charge in [0, 0.05) is 10.6 Å². The van der Waals surface area contributed by atoms with Crippen molar-refractivity contribution in [1.82, 2.24) is 0 Å². The summed E-state index contributed by atoms with van der Waals surface area (Å²) in [6, 6.07) is 4.13. The standard InChI is InChI=1S/C9H10ClF2NO/c10-8-2-1-7(9(11)12)5-6(8)3-4-14-13/h1-2,5,9H,3-4,13H2. The smallest absolute Gasteiger partial charge is 0.263 e. The third kappa shape index (κ3) is 2.90. The van der Waals surface area contributed by atoms with Crippen LogP contribution in [0.25, 0.3) is 0 Å². The SMILES string of the molecule is NOCCc1cc(C(F)F)ccc1Cl. The quantitative estimate of drug-likeness (QED) is 0.794. The average Bonchev–Trinajstić information content (AvgIpc) is 2.16. The maximum atomic E-state index is 12.3. The molecule has 0 bridgehead atoms. The Morgan fingerprint density at radius 1 is 1.43 bits per heavy atom. The van der Waals surface area contributed by atoms with E-state index in [0.29, 0.717) is 17.0 Å². The van der Waals surface area contributed by atoms with Crippen molar-refractivity contribution in [2.75, 3.05) is 6.61 Å². The van der Waals surface area contributed by atoms with E-state index < -0.39 is 6.43 Å². The van der Waals surface area contributed by atoms with Crippen molar-refractivity contribution in [3.8, 4) is 0 Å². The van der Waals surface area contributed by atoms with Crippen LogP contribution < -0.4 is 5.90 Å². The van der Waals surface area contributed by atoms with Gasteiger partial charge in [0.2, 0.25) is 0 Å². The van der Waals surface area contributed by atoms with Crippen molar-refractivity contribution >= 4 is 11.6 Å². The molecule has 0 aliphatic carbocycles. The van der Waals surface area contributed by atoms with Crippen LogP contribution >= 0.6 is 11.6 Å². The van der Waals surface area contributed by atoms with Crippen molar-refractivity contribution < 1.29 is 13.6 Å². The topological polar surface area (TPSA) is 35.2 Å². The Kier molecular flexibility index (Phi) is 4.25. The van der Waals surface area contributed by atoms with E-state index in [4.69, 9.17) is 17.5 Å². The zero-order valence-corrected chi connectivity index (χ0v) is 8.10. The summed E-state index contributed by atoms with van der Waals surface area (Å²) in [6.07, 6.45) is -2.06. The second-order valence-corrected chi connectivity index (χ2v) is 3.18. The third-order valence-corrected chi connectivity index (χ3v) is 2.18. The molecule has 0 amide bonds. The van der Waals surface area contributed by atoms with Gasteiger partial charge in [-0.05, 0) is 24.1 Å². The van der Waals surface area contributed by atoms with Crippen LogP contribution in [0.4, 0.5) is 8.78 Å². The minimum atomic E-state index is -2.48. The van der Waals surface area contributed by atoms with Gasteiger partial charge < -0.3 is 4.84 Å². The predicted molar refractivity (Wildman–Crippen MR) is 50.3 cm³/mol. The van der Waals surface area contributed by atoms with Crippen molar-refractivity contribution in [3.63, 3.8) is 0 Å². The first-order valence-electron chi connectivity index (χ1n) is 4.03. The average molecular weight is 222 g/mol. The van der Waals surface area contributed by atoms with Gasteiger partial charge in [-0.2, -0.15) is 0 Å². The molecule has 0 heterocycles. The summed E-state index contributed by atoms with van der Waals surface area (Å²) in [5, 5.41) is 0.450. The first-order valence-corrected chi connectivity index (χ1v) is 4.41. The number of nitrogens with two attached hydrogens (primary N) is 1. The maximum absolute atomic E-state index is 12.3. The first-order chi connectivity index (χ1) is 6.65. The summed E-state index contributed by atoms with van der Waals surface area (Å²) in [4.78, 5) is 4.35. The molecule has 0 aliphatic heterocycles. The minimum absolute atomic E-state index is 0.0404. The molecule has 1 rings (SSSR count). The second-order valence-electron chi connectivity index (χ2n) is 2.77. The van der Waals surface area contributed by atoms with Crippen molar-refractivity contribution in [2.24, 2.45) is 5.90 Å². The Balaban J connectivity index is 2.85. The number of alkyl halides is 2. The van der Waals surface area contributed by atoms with Gasteiger partial charge in [0.15, 0.2) is 0 Å². The van der Waals surface area contributed by atoms with Crippen LogP contribution in [0, 0.1) is 0 Å². The Bertz CT molecular complexity index is 307. The first kappa shape index (κ1) is 11.4. The lowest BCUT2D eigenvalue weighted by molar-refractivity contribution is 0.140. The second kappa shape index (κ2) is 5.24. The fourth-order valence-corrected chi connectivity index (χ4v) is 1.30. The molecule has 0 saturated carbocycles. The summed E-state index contributed by atoms with van der Waals surface area (Å²) in [5.74, 6) is 4.83. The summed E-state index contributed by atoms with van der Waals surface area (Å²) in [5.41, 5.74) is 0.580. The Morgan fingerprint density at radius 2 is 2.14 bits per heavy atom. The highest BCUT2D eigenvalue weighted by Gasteiger charge is 2.09. The molecular weight excluding hydrogens is 212 g/mol. The van der Waals surface area contributed by atoms with Gasteiger partial charge in [0.05, 0.1) is 6.61 Å². The summed E-state index contributed by atoms with van der Waals surface area (Å²) >= 11 is 5.80. The zero-order valence-electron chi connectivity index (χ0n) is 7.34. The normalized spacial score (nSPS) is 10.9. The maximum Gasteiger partial charge on any atom is 0.263 e. The number of hydrogen-bond donors (Lipinski definition) is 1. The molecule has 0 aliphatic rings. The Labute approximate surface area is 85.6 Å². The number of rotatable bonds is 4. The highest BCUT2D eigenvalue weighted by Crippen LogP contribution is 2.24. The molecule has 0 aromatic heterocycles. The van der Waals surface area contributed by atoms with Crippen molar-refractivity contribution in [1.29, 1.82) is 0 Å². The number of hydrogen-bond acceptors (Lipinski definition) is 2. The summed E-state index contributed by atoms with van der Waals surface area (Å²) in [6.45, 7) is 0.256. The molecule has 2 nitrogen and oxygen atoms in total. The van der Waals surface area contributed by atoms with Gasteiger partial charge in [-0.25, -0.2) is 14.7 Å². The van der Waals surface area contributed by atoms with Gasteiger partial charge in [0.1, 0.15) is 0 Å². The highest BCUT2D eigenvalue weighted by molar-refractivity contribution is 6.31. The number of benzene rings is 1. The van der Waals surface area contributed by atoms with E-state index in [1.165, 1.54) is 18.2 Å². The lowest BCUT2D eigenvalue weighted by Crippen LogP contribution is -2.04. The van der Waals surface area contributed by atoms with Crippen LogP contribution in [0.5, 0.6) is 0 Å². The lowest BCUT2D eigenvalue weighted by Gasteiger charge is -2.06. The molecular formula is C9H10ClF2NO. The molecule has 0 saturated heterocycles. The van der Waals surface area contributed by atoms with Gasteiger partial charge in [0.25, 0.3) is 6.43 Å². The molecule has 14 heavy (non-hydrogen) atoms. The lowest BCUT2D eigenvalue weighted by atomic mass is 10.1. The molecule has 0 radical (unpaired) electrons. The molecule has 1 aromatic rings. The molecule has 78 valence electrons. The third-order valence-electron chi connectivity index (χ3n) is 1.81. The molecule has 0 fully saturated rings. The molecule has 5 heteroatoms. The molecule has 0 spiro atoms. The Hall–Kier alpha value is -0.710. The molecule has 0 unspecified atom stereocenters. The summed E-state index contributed by atoms with van der Waals surface area (Å²) in [7, 11) is 0. The number of halogens is 3. The van der Waals surface area contributed by atoms with E-state index in [-0.39, 0.29) is 12.2 Å². The van der Waals surface area contributed by atoms with E-state index in [2.05, 4.69) is 4.84 Å². The van der Waals surface area contributed by atoms with E-state index in [0.717, 1.165) is 0 Å². The zero-order chi connectivity index (χ0) is 10.6. The fourth-order valence-electron chi connectivity index (χ4n) is 1.09. The highest BCUT2D eigenvalue weighted by atomic mass is 35.5. The monoisotopic (exact) mass is 221 g/mol. The van der Waals surface area contributed by atoms with E-state index in [9.17, 15) is 8.78 Å². The Morgan fingerprint density at radius 3 is 2.71 bits per heavy atom.